The number of ether oxygens (including phenoxy) is 2. The Morgan fingerprint density at radius 3 is 2.35 bits per heavy atom. The molecule has 0 saturated heterocycles. The van der Waals surface area contributed by atoms with Crippen molar-refractivity contribution in [3.8, 4) is 0 Å². The summed E-state index contributed by atoms with van der Waals surface area (Å²) in [6, 6.07) is 0. The van der Waals surface area contributed by atoms with Crippen molar-refractivity contribution < 1.29 is 19.1 Å². The molecule has 0 atom stereocenters. The number of carbonyl (C=O) groups excluding carboxylic acids is 2. The smallest absolute Gasteiger partial charge is 0.407 e. The van der Waals surface area contributed by atoms with Crippen molar-refractivity contribution in [3.63, 3.8) is 0 Å². The van der Waals surface area contributed by atoms with Gasteiger partial charge in [0.2, 0.25) is 0 Å². The topological polar surface area (TPSA) is 64.6 Å². The SMILES string of the molecule is CCCCCCCOC(=O)C1(NC(=O)OC)CCCC1. The van der Waals surface area contributed by atoms with Crippen molar-refractivity contribution in [1.82, 2.24) is 5.32 Å². The average Bonchev–Trinajstić information content (AvgIpc) is 2.92. The van der Waals surface area contributed by atoms with E-state index >= 15 is 0 Å². The Kier molecular flexibility index (Phi) is 7.41. The molecule has 1 aliphatic rings. The number of esters is 1. The van der Waals surface area contributed by atoms with E-state index in [1.54, 1.807) is 0 Å². The lowest BCUT2D eigenvalue weighted by atomic mass is 9.98. The largest absolute Gasteiger partial charge is 0.464 e. The van der Waals surface area contributed by atoms with Crippen LogP contribution in [-0.4, -0.2) is 31.3 Å². The molecule has 1 N–H and O–H groups in total. The zero-order chi connectivity index (χ0) is 14.8. The third kappa shape index (κ3) is 5.02. The van der Waals surface area contributed by atoms with Crippen LogP contribution in [0.4, 0.5) is 4.79 Å². The first-order valence-corrected chi connectivity index (χ1v) is 7.68. The Hall–Kier alpha value is -1.26. The van der Waals surface area contributed by atoms with Crippen LogP contribution < -0.4 is 5.32 Å². The second kappa shape index (κ2) is 8.82. The molecule has 20 heavy (non-hydrogen) atoms. The van der Waals surface area contributed by atoms with Crippen molar-refractivity contribution in [3.05, 3.63) is 0 Å². The number of methoxy groups -OCH3 is 1. The normalized spacial score (nSPS) is 16.7. The molecule has 5 heteroatoms. The highest BCUT2D eigenvalue weighted by atomic mass is 16.5. The Balaban J connectivity index is 2.35. The summed E-state index contributed by atoms with van der Waals surface area (Å²) in [6.45, 7) is 2.61. The number of carbonyl (C=O) groups is 2. The predicted molar refractivity (Wildman–Crippen MR) is 76.5 cm³/mol. The first-order valence-electron chi connectivity index (χ1n) is 7.68. The minimum Gasteiger partial charge on any atom is -0.464 e. The van der Waals surface area contributed by atoms with Gasteiger partial charge in [0.05, 0.1) is 13.7 Å². The maximum Gasteiger partial charge on any atom is 0.407 e. The molecule has 1 amide bonds. The molecule has 1 aliphatic carbocycles. The minimum atomic E-state index is -0.865. The molecule has 116 valence electrons. The molecule has 0 aromatic carbocycles. The van der Waals surface area contributed by atoms with E-state index in [1.165, 1.54) is 26.4 Å². The van der Waals surface area contributed by atoms with Gasteiger partial charge in [-0.3, -0.25) is 0 Å². The van der Waals surface area contributed by atoms with Crippen LogP contribution in [0.1, 0.15) is 64.7 Å². The second-order valence-corrected chi connectivity index (χ2v) is 5.46. The van der Waals surface area contributed by atoms with Gasteiger partial charge >= 0.3 is 12.1 Å². The van der Waals surface area contributed by atoms with Gasteiger partial charge < -0.3 is 14.8 Å². The molecule has 0 aromatic rings. The van der Waals surface area contributed by atoms with Gasteiger partial charge in [0.25, 0.3) is 0 Å². The molecule has 5 nitrogen and oxygen atoms in total. The van der Waals surface area contributed by atoms with Gasteiger partial charge in [0, 0.05) is 0 Å². The molecular weight excluding hydrogens is 258 g/mol. The minimum absolute atomic E-state index is 0.309. The molecule has 0 spiro atoms. The van der Waals surface area contributed by atoms with Crippen molar-refractivity contribution in [2.75, 3.05) is 13.7 Å². The summed E-state index contributed by atoms with van der Waals surface area (Å²) in [5, 5.41) is 2.67. The van der Waals surface area contributed by atoms with Gasteiger partial charge in [0.15, 0.2) is 0 Å². The Morgan fingerprint density at radius 2 is 1.75 bits per heavy atom. The van der Waals surface area contributed by atoms with E-state index in [4.69, 9.17) is 4.74 Å². The van der Waals surface area contributed by atoms with E-state index in [1.807, 2.05) is 0 Å². The summed E-state index contributed by atoms with van der Waals surface area (Å²) in [7, 11) is 1.30. The summed E-state index contributed by atoms with van der Waals surface area (Å²) in [4.78, 5) is 23.6. The Labute approximate surface area is 121 Å². The summed E-state index contributed by atoms with van der Waals surface area (Å²) in [5.41, 5.74) is -0.865. The highest BCUT2D eigenvalue weighted by Gasteiger charge is 2.44. The zero-order valence-corrected chi connectivity index (χ0v) is 12.7. The highest BCUT2D eigenvalue weighted by molar-refractivity contribution is 5.86. The Morgan fingerprint density at radius 1 is 1.10 bits per heavy atom. The molecule has 0 aliphatic heterocycles. The molecule has 0 aromatic heterocycles. The van der Waals surface area contributed by atoms with Crippen LogP contribution in [0.2, 0.25) is 0 Å². The standard InChI is InChI=1S/C15H27NO4/c1-3-4-5-6-9-12-20-13(17)15(10-7-8-11-15)16-14(18)19-2/h3-12H2,1-2H3,(H,16,18). The van der Waals surface area contributed by atoms with E-state index in [0.717, 1.165) is 25.7 Å². The third-order valence-corrected chi connectivity index (χ3v) is 3.86. The van der Waals surface area contributed by atoms with Crippen LogP contribution in [-0.2, 0) is 14.3 Å². The van der Waals surface area contributed by atoms with E-state index < -0.39 is 11.6 Å². The first-order chi connectivity index (χ1) is 9.64. The maximum atomic E-state index is 12.2. The van der Waals surface area contributed by atoms with Crippen LogP contribution in [0.25, 0.3) is 0 Å². The Bertz CT molecular complexity index is 311. The number of hydrogen-bond donors (Lipinski definition) is 1. The quantitative estimate of drug-likeness (QED) is 0.549. The lowest BCUT2D eigenvalue weighted by Gasteiger charge is -2.27. The van der Waals surface area contributed by atoms with Gasteiger partial charge in [-0.1, -0.05) is 45.4 Å². The zero-order valence-electron chi connectivity index (χ0n) is 12.7. The summed E-state index contributed by atoms with van der Waals surface area (Å²) >= 11 is 0. The number of hydrogen-bond acceptors (Lipinski definition) is 4. The van der Waals surface area contributed by atoms with Gasteiger partial charge in [0.1, 0.15) is 5.54 Å². The summed E-state index contributed by atoms with van der Waals surface area (Å²) in [6.07, 6.45) is 8.14. The third-order valence-electron chi connectivity index (χ3n) is 3.86. The summed E-state index contributed by atoms with van der Waals surface area (Å²) < 4.78 is 9.95. The van der Waals surface area contributed by atoms with Crippen molar-refractivity contribution in [2.24, 2.45) is 0 Å². The van der Waals surface area contributed by atoms with Crippen LogP contribution in [0.5, 0.6) is 0 Å². The van der Waals surface area contributed by atoms with E-state index in [2.05, 4.69) is 17.0 Å². The van der Waals surface area contributed by atoms with Gasteiger partial charge in [-0.05, 0) is 19.3 Å². The molecule has 1 saturated carbocycles. The monoisotopic (exact) mass is 285 g/mol. The van der Waals surface area contributed by atoms with E-state index in [-0.39, 0.29) is 5.97 Å². The molecule has 0 unspecified atom stereocenters. The molecule has 1 fully saturated rings. The number of amides is 1. The van der Waals surface area contributed by atoms with Crippen LogP contribution >= 0.6 is 0 Å². The molecular formula is C15H27NO4. The molecule has 0 radical (unpaired) electrons. The van der Waals surface area contributed by atoms with Crippen molar-refractivity contribution in [1.29, 1.82) is 0 Å². The van der Waals surface area contributed by atoms with Crippen LogP contribution in [0.15, 0.2) is 0 Å². The van der Waals surface area contributed by atoms with Crippen LogP contribution in [0, 0.1) is 0 Å². The van der Waals surface area contributed by atoms with E-state index in [9.17, 15) is 9.59 Å². The number of nitrogens with one attached hydrogen (secondary N) is 1. The predicted octanol–water partition coefficient (Wildman–Crippen LogP) is 3.17. The number of alkyl carbamates (subject to hydrolysis) is 1. The maximum absolute atomic E-state index is 12.2. The van der Waals surface area contributed by atoms with Gasteiger partial charge in [-0.15, -0.1) is 0 Å². The van der Waals surface area contributed by atoms with Gasteiger partial charge in [-0.2, -0.15) is 0 Å². The molecule has 0 heterocycles. The second-order valence-electron chi connectivity index (χ2n) is 5.46. The molecule has 0 bridgehead atoms. The summed E-state index contributed by atoms with van der Waals surface area (Å²) in [5.74, 6) is -0.309. The fourth-order valence-electron chi connectivity index (χ4n) is 2.61. The fourth-order valence-corrected chi connectivity index (χ4v) is 2.61. The fraction of sp³-hybridized carbons (Fsp3) is 0.867. The van der Waals surface area contributed by atoms with Gasteiger partial charge in [-0.25, -0.2) is 9.59 Å². The highest BCUT2D eigenvalue weighted by Crippen LogP contribution is 2.31. The molecule has 1 rings (SSSR count). The van der Waals surface area contributed by atoms with Crippen molar-refractivity contribution >= 4 is 12.1 Å². The first kappa shape index (κ1) is 16.8. The average molecular weight is 285 g/mol. The number of rotatable bonds is 8. The number of unbranched alkanes of at least 4 members (excludes halogenated alkanes) is 4. The lowest BCUT2D eigenvalue weighted by molar-refractivity contribution is -0.151. The van der Waals surface area contributed by atoms with Crippen molar-refractivity contribution in [2.45, 2.75) is 70.3 Å². The lowest BCUT2D eigenvalue weighted by Crippen LogP contribution is -2.53. The van der Waals surface area contributed by atoms with Crippen LogP contribution in [0.3, 0.4) is 0 Å². The van der Waals surface area contributed by atoms with E-state index in [0.29, 0.717) is 19.4 Å².